The van der Waals surface area contributed by atoms with Crippen LogP contribution < -0.4 is 9.91 Å². The fourth-order valence-electron chi connectivity index (χ4n) is 5.70. The standard InChI is InChI=1S/C25H24ClN5O/c1-16-21-15-25(17(2)28-31(24(25)32)20-12-10-18(26)11-13-20)22-9-6-14-29(22)23(21)30(27-16)19-7-4-3-5-8-19/h3-5,7-8,10-13,22H,6,9,14-15H2,1-2H3/t22-,25-/m1/s1. The normalized spacial score (nSPS) is 24.2. The zero-order chi connectivity index (χ0) is 22.0. The van der Waals surface area contributed by atoms with Crippen molar-refractivity contribution in [2.24, 2.45) is 10.5 Å². The molecule has 4 heterocycles. The van der Waals surface area contributed by atoms with Crippen LogP contribution in [-0.2, 0) is 11.2 Å². The Kier molecular flexibility index (Phi) is 4.24. The van der Waals surface area contributed by atoms with Gasteiger partial charge in [0.1, 0.15) is 11.2 Å². The van der Waals surface area contributed by atoms with Crippen LogP contribution >= 0.6 is 11.6 Å². The highest BCUT2D eigenvalue weighted by Gasteiger charge is 2.60. The van der Waals surface area contributed by atoms with Gasteiger partial charge < -0.3 is 4.90 Å². The van der Waals surface area contributed by atoms with Crippen molar-refractivity contribution < 1.29 is 4.79 Å². The first-order valence-corrected chi connectivity index (χ1v) is 11.4. The summed E-state index contributed by atoms with van der Waals surface area (Å²) in [6.07, 6.45) is 2.64. The minimum absolute atomic E-state index is 0.0479. The van der Waals surface area contributed by atoms with Crippen LogP contribution in [0.1, 0.15) is 31.0 Å². The lowest BCUT2D eigenvalue weighted by atomic mass is 9.68. The molecule has 0 aliphatic carbocycles. The average Bonchev–Trinajstić information content (AvgIpc) is 3.48. The zero-order valence-electron chi connectivity index (χ0n) is 18.1. The van der Waals surface area contributed by atoms with Gasteiger partial charge in [0.05, 0.1) is 28.8 Å². The van der Waals surface area contributed by atoms with E-state index in [1.807, 2.05) is 44.2 Å². The maximum atomic E-state index is 14.0. The smallest absolute Gasteiger partial charge is 0.261 e. The van der Waals surface area contributed by atoms with Gasteiger partial charge in [-0.05, 0) is 69.5 Å². The van der Waals surface area contributed by atoms with Gasteiger partial charge in [0.15, 0.2) is 0 Å². The van der Waals surface area contributed by atoms with Gasteiger partial charge in [0.2, 0.25) is 0 Å². The second-order valence-corrected chi connectivity index (χ2v) is 9.35. The molecule has 0 saturated carbocycles. The number of nitrogens with zero attached hydrogens (tertiary/aromatic N) is 5. The molecule has 2 atom stereocenters. The predicted molar refractivity (Wildman–Crippen MR) is 127 cm³/mol. The Morgan fingerprint density at radius 3 is 2.53 bits per heavy atom. The van der Waals surface area contributed by atoms with Crippen molar-refractivity contribution >= 4 is 34.7 Å². The third-order valence-electron chi connectivity index (χ3n) is 7.25. The first kappa shape index (κ1) is 19.6. The molecule has 3 aliphatic rings. The second-order valence-electron chi connectivity index (χ2n) is 8.91. The van der Waals surface area contributed by atoms with Gasteiger partial charge in [0, 0.05) is 17.1 Å². The summed E-state index contributed by atoms with van der Waals surface area (Å²) in [5, 5.41) is 11.9. The van der Waals surface area contributed by atoms with Gasteiger partial charge in [-0.2, -0.15) is 15.2 Å². The first-order valence-electron chi connectivity index (χ1n) is 11.1. The highest BCUT2D eigenvalue weighted by atomic mass is 35.5. The van der Waals surface area contributed by atoms with Crippen LogP contribution in [0.5, 0.6) is 0 Å². The number of fused-ring (bicyclic) bond motifs is 4. The summed E-state index contributed by atoms with van der Waals surface area (Å²) in [7, 11) is 0. The molecule has 1 saturated heterocycles. The topological polar surface area (TPSA) is 53.7 Å². The Hall–Kier alpha value is -3.12. The molecule has 6 rings (SSSR count). The summed E-state index contributed by atoms with van der Waals surface area (Å²) >= 11 is 6.07. The maximum Gasteiger partial charge on any atom is 0.261 e. The molecule has 1 fully saturated rings. The first-order chi connectivity index (χ1) is 15.5. The van der Waals surface area contributed by atoms with E-state index in [-0.39, 0.29) is 11.9 Å². The summed E-state index contributed by atoms with van der Waals surface area (Å²) in [6, 6.07) is 17.6. The van der Waals surface area contributed by atoms with Crippen molar-refractivity contribution in [1.29, 1.82) is 0 Å². The molecule has 162 valence electrons. The summed E-state index contributed by atoms with van der Waals surface area (Å²) in [6.45, 7) is 4.97. The van der Waals surface area contributed by atoms with Crippen LogP contribution in [0.4, 0.5) is 11.5 Å². The van der Waals surface area contributed by atoms with Crippen molar-refractivity contribution in [3.63, 3.8) is 0 Å². The van der Waals surface area contributed by atoms with Crippen molar-refractivity contribution in [1.82, 2.24) is 9.78 Å². The van der Waals surface area contributed by atoms with E-state index in [1.165, 1.54) is 0 Å². The number of carbonyl (C=O) groups is 1. The zero-order valence-corrected chi connectivity index (χ0v) is 18.9. The number of halogens is 1. The molecule has 0 bridgehead atoms. The predicted octanol–water partition coefficient (Wildman–Crippen LogP) is 4.77. The molecule has 7 heteroatoms. The second kappa shape index (κ2) is 6.94. The number of anilines is 2. The molecule has 2 aromatic carbocycles. The number of hydrogen-bond donors (Lipinski definition) is 0. The maximum absolute atomic E-state index is 14.0. The van der Waals surface area contributed by atoms with E-state index >= 15 is 0 Å². The van der Waals surface area contributed by atoms with E-state index in [0.717, 1.165) is 53.5 Å². The van der Waals surface area contributed by atoms with E-state index in [2.05, 4.69) is 21.7 Å². The van der Waals surface area contributed by atoms with Crippen LogP contribution in [-0.4, -0.2) is 34.0 Å². The molecule has 6 nitrogen and oxygen atoms in total. The highest BCUT2D eigenvalue weighted by molar-refractivity contribution is 6.30. The minimum atomic E-state index is -0.668. The van der Waals surface area contributed by atoms with Gasteiger partial charge in [-0.3, -0.25) is 4.79 Å². The monoisotopic (exact) mass is 445 g/mol. The third kappa shape index (κ3) is 2.56. The van der Waals surface area contributed by atoms with E-state index in [1.54, 1.807) is 17.1 Å². The van der Waals surface area contributed by atoms with Crippen molar-refractivity contribution in [3.05, 3.63) is 70.9 Å². The fourth-order valence-corrected chi connectivity index (χ4v) is 5.83. The number of aryl methyl sites for hydroxylation is 1. The van der Waals surface area contributed by atoms with E-state index in [9.17, 15) is 4.79 Å². The number of carbonyl (C=O) groups excluding carboxylic acids is 1. The third-order valence-corrected chi connectivity index (χ3v) is 7.50. The largest absolute Gasteiger partial charge is 0.352 e. The molecular weight excluding hydrogens is 422 g/mol. The Morgan fingerprint density at radius 2 is 1.78 bits per heavy atom. The summed E-state index contributed by atoms with van der Waals surface area (Å²) in [4.78, 5) is 16.5. The molecule has 1 amide bonds. The number of rotatable bonds is 2. The van der Waals surface area contributed by atoms with Gasteiger partial charge in [-0.1, -0.05) is 29.8 Å². The molecule has 0 N–H and O–H groups in total. The van der Waals surface area contributed by atoms with Crippen LogP contribution in [0, 0.1) is 12.3 Å². The molecule has 0 radical (unpaired) electrons. The molecule has 32 heavy (non-hydrogen) atoms. The van der Waals surface area contributed by atoms with E-state index in [0.29, 0.717) is 11.4 Å². The Bertz CT molecular complexity index is 1250. The molecule has 3 aliphatic heterocycles. The lowest BCUT2D eigenvalue weighted by molar-refractivity contribution is -0.124. The van der Waals surface area contributed by atoms with Crippen LogP contribution in [0.15, 0.2) is 59.7 Å². The molecule has 3 aromatic rings. The van der Waals surface area contributed by atoms with Crippen LogP contribution in [0.25, 0.3) is 5.69 Å². The van der Waals surface area contributed by atoms with Crippen LogP contribution in [0.2, 0.25) is 5.02 Å². The highest BCUT2D eigenvalue weighted by Crippen LogP contribution is 2.51. The number of amides is 1. The number of benzene rings is 2. The van der Waals surface area contributed by atoms with E-state index < -0.39 is 5.41 Å². The number of hydrogen-bond acceptors (Lipinski definition) is 4. The number of aromatic nitrogens is 2. The lowest BCUT2D eigenvalue weighted by Gasteiger charge is -2.44. The number of para-hydroxylation sites is 1. The molecule has 1 aromatic heterocycles. The molecule has 0 unspecified atom stereocenters. The Balaban J connectivity index is 1.48. The van der Waals surface area contributed by atoms with Crippen molar-refractivity contribution in [2.45, 2.75) is 39.2 Å². The van der Waals surface area contributed by atoms with Gasteiger partial charge in [-0.15, -0.1) is 0 Å². The van der Waals surface area contributed by atoms with Crippen molar-refractivity contribution in [3.8, 4) is 5.69 Å². The SMILES string of the molecule is CC1=NN(c2ccc(Cl)cc2)C(=O)[C@]12Cc1c(C)nn(-c3ccccc3)c1N1CCC[C@@H]12. The van der Waals surface area contributed by atoms with Gasteiger partial charge in [0.25, 0.3) is 5.91 Å². The molecular formula is C25H24ClN5O. The summed E-state index contributed by atoms with van der Waals surface area (Å²) < 4.78 is 2.05. The summed E-state index contributed by atoms with van der Waals surface area (Å²) in [5.74, 6) is 1.18. The van der Waals surface area contributed by atoms with E-state index in [4.69, 9.17) is 21.8 Å². The van der Waals surface area contributed by atoms with Crippen LogP contribution in [0.3, 0.4) is 0 Å². The Morgan fingerprint density at radius 1 is 1.03 bits per heavy atom. The number of hydrazone groups is 1. The van der Waals surface area contributed by atoms with Crippen molar-refractivity contribution in [2.75, 3.05) is 16.5 Å². The van der Waals surface area contributed by atoms with Gasteiger partial charge >= 0.3 is 0 Å². The minimum Gasteiger partial charge on any atom is -0.352 e. The lowest BCUT2D eigenvalue weighted by Crippen LogP contribution is -2.57. The fraction of sp³-hybridized carbons (Fsp3) is 0.320. The molecule has 1 spiro atoms. The quantitative estimate of drug-likeness (QED) is 0.571. The summed E-state index contributed by atoms with van der Waals surface area (Å²) in [5.41, 5.74) is 4.13. The van der Waals surface area contributed by atoms with Gasteiger partial charge in [-0.25, -0.2) is 4.68 Å². The average molecular weight is 446 g/mol. The Labute approximate surface area is 192 Å².